The Labute approximate surface area is 176 Å². The lowest BCUT2D eigenvalue weighted by Gasteiger charge is -2.06. The Bertz CT molecular complexity index is 1180. The molecule has 0 saturated heterocycles. The van der Waals surface area contributed by atoms with Crippen molar-refractivity contribution in [3.8, 4) is 22.6 Å². The largest absolute Gasteiger partial charge is 0.459 e. The van der Waals surface area contributed by atoms with Gasteiger partial charge in [-0.2, -0.15) is 0 Å². The first-order valence-corrected chi connectivity index (χ1v) is 9.46. The normalized spacial score (nSPS) is 10.9. The van der Waals surface area contributed by atoms with E-state index in [0.717, 1.165) is 5.56 Å². The minimum absolute atomic E-state index is 0.141. The summed E-state index contributed by atoms with van der Waals surface area (Å²) in [6.07, 6.45) is 0. The molecular weight excluding hydrogens is 413 g/mol. The van der Waals surface area contributed by atoms with Gasteiger partial charge in [0.05, 0.1) is 10.0 Å². The first-order valence-electron chi connectivity index (χ1n) is 8.71. The predicted molar refractivity (Wildman–Crippen MR) is 112 cm³/mol. The van der Waals surface area contributed by atoms with Crippen molar-refractivity contribution >= 4 is 34.8 Å². The highest BCUT2D eigenvalue weighted by Crippen LogP contribution is 2.34. The van der Waals surface area contributed by atoms with E-state index in [2.05, 4.69) is 5.32 Å². The summed E-state index contributed by atoms with van der Waals surface area (Å²) in [6.45, 7) is -0.173. The summed E-state index contributed by atoms with van der Waals surface area (Å²) in [5.74, 6) is 1.26. The van der Waals surface area contributed by atoms with Gasteiger partial charge in [0, 0.05) is 16.8 Å². The van der Waals surface area contributed by atoms with Crippen LogP contribution >= 0.6 is 23.2 Å². The van der Waals surface area contributed by atoms with Gasteiger partial charge in [-0.05, 0) is 48.5 Å². The number of aliphatic hydroxyl groups excluding tert-OH is 1. The number of benzene rings is 2. The van der Waals surface area contributed by atoms with Crippen LogP contribution < -0.4 is 5.32 Å². The number of hydrogen-bond donors (Lipinski definition) is 2. The Morgan fingerprint density at radius 1 is 0.931 bits per heavy atom. The number of carbonyl (C=O) groups is 1. The van der Waals surface area contributed by atoms with Crippen molar-refractivity contribution in [1.82, 2.24) is 0 Å². The first kappa shape index (κ1) is 19.3. The van der Waals surface area contributed by atoms with E-state index >= 15 is 0 Å². The zero-order valence-corrected chi connectivity index (χ0v) is 16.5. The molecule has 146 valence electrons. The molecular formula is C22H15Cl2NO4. The fourth-order valence-electron chi connectivity index (χ4n) is 2.86. The lowest BCUT2D eigenvalue weighted by atomic mass is 10.1. The van der Waals surface area contributed by atoms with Crippen molar-refractivity contribution in [2.24, 2.45) is 0 Å². The van der Waals surface area contributed by atoms with Crippen LogP contribution in [0.4, 0.5) is 5.69 Å². The van der Waals surface area contributed by atoms with Gasteiger partial charge < -0.3 is 19.3 Å². The van der Waals surface area contributed by atoms with E-state index in [4.69, 9.17) is 37.1 Å². The van der Waals surface area contributed by atoms with Crippen LogP contribution in [0.15, 0.2) is 75.6 Å². The molecule has 4 aromatic rings. The smallest absolute Gasteiger partial charge is 0.291 e. The van der Waals surface area contributed by atoms with E-state index < -0.39 is 5.91 Å². The zero-order chi connectivity index (χ0) is 20.4. The summed E-state index contributed by atoms with van der Waals surface area (Å²) in [7, 11) is 0. The maximum Gasteiger partial charge on any atom is 0.291 e. The van der Waals surface area contributed by atoms with Gasteiger partial charge in [0.25, 0.3) is 5.91 Å². The number of halogens is 2. The Morgan fingerprint density at radius 3 is 2.52 bits per heavy atom. The number of furan rings is 2. The number of aliphatic hydroxyl groups is 1. The second-order valence-corrected chi connectivity index (χ2v) is 7.01. The minimum atomic E-state index is -0.401. The number of carbonyl (C=O) groups excluding carboxylic acids is 1. The minimum Gasteiger partial charge on any atom is -0.459 e. The molecule has 0 atom stereocenters. The third-order valence-electron chi connectivity index (χ3n) is 4.27. The molecule has 0 unspecified atom stereocenters. The molecule has 1 amide bonds. The molecule has 5 nitrogen and oxygen atoms in total. The Hall–Kier alpha value is -2.99. The predicted octanol–water partition coefficient (Wildman–Crippen LogP) is 6.26. The summed E-state index contributed by atoms with van der Waals surface area (Å²) in [5, 5.41) is 12.7. The number of hydrogen-bond acceptors (Lipinski definition) is 4. The maximum atomic E-state index is 12.6. The van der Waals surface area contributed by atoms with Crippen LogP contribution in [0.25, 0.3) is 22.6 Å². The van der Waals surface area contributed by atoms with Crippen LogP contribution in [0.5, 0.6) is 0 Å². The van der Waals surface area contributed by atoms with E-state index in [1.807, 2.05) is 6.07 Å². The molecule has 2 heterocycles. The van der Waals surface area contributed by atoms with Gasteiger partial charge in [-0.1, -0.05) is 41.4 Å². The van der Waals surface area contributed by atoms with Gasteiger partial charge in [0.15, 0.2) is 5.76 Å². The van der Waals surface area contributed by atoms with Crippen LogP contribution in [0, 0.1) is 0 Å². The molecule has 0 aliphatic rings. The van der Waals surface area contributed by atoms with Crippen LogP contribution in [0.3, 0.4) is 0 Å². The summed E-state index contributed by atoms with van der Waals surface area (Å²) < 4.78 is 11.2. The lowest BCUT2D eigenvalue weighted by molar-refractivity contribution is 0.0997. The van der Waals surface area contributed by atoms with Crippen molar-refractivity contribution in [1.29, 1.82) is 0 Å². The van der Waals surface area contributed by atoms with E-state index in [1.165, 1.54) is 0 Å². The second-order valence-electron chi connectivity index (χ2n) is 6.22. The molecule has 0 aliphatic heterocycles. The molecule has 0 radical (unpaired) electrons. The van der Waals surface area contributed by atoms with Gasteiger partial charge in [0.2, 0.25) is 0 Å². The van der Waals surface area contributed by atoms with Crippen molar-refractivity contribution in [2.45, 2.75) is 6.61 Å². The fourth-order valence-corrected chi connectivity index (χ4v) is 3.25. The highest BCUT2D eigenvalue weighted by Gasteiger charge is 2.16. The summed E-state index contributed by atoms with van der Waals surface area (Å²) in [5.41, 5.74) is 1.96. The van der Waals surface area contributed by atoms with E-state index in [9.17, 15) is 4.79 Å². The molecule has 4 rings (SSSR count). The van der Waals surface area contributed by atoms with Crippen molar-refractivity contribution in [2.75, 3.05) is 5.32 Å². The number of anilines is 1. The van der Waals surface area contributed by atoms with Gasteiger partial charge in [0.1, 0.15) is 23.9 Å². The van der Waals surface area contributed by atoms with Gasteiger partial charge in [-0.15, -0.1) is 0 Å². The maximum absolute atomic E-state index is 12.6. The molecule has 0 spiro atoms. The summed E-state index contributed by atoms with van der Waals surface area (Å²) in [4.78, 5) is 12.6. The fraction of sp³-hybridized carbons (Fsp3) is 0.0455. The number of rotatable bonds is 5. The third-order valence-corrected chi connectivity index (χ3v) is 5.09. The van der Waals surface area contributed by atoms with Crippen molar-refractivity contribution in [3.63, 3.8) is 0 Å². The monoisotopic (exact) mass is 427 g/mol. The number of nitrogens with one attached hydrogen (secondary N) is 1. The third kappa shape index (κ3) is 4.07. The topological polar surface area (TPSA) is 75.6 Å². The van der Waals surface area contributed by atoms with Crippen LogP contribution in [0.2, 0.25) is 10.0 Å². The van der Waals surface area contributed by atoms with E-state index in [1.54, 1.807) is 60.7 Å². The summed E-state index contributed by atoms with van der Waals surface area (Å²) in [6, 6.07) is 19.1. The standard InChI is InChI=1S/C22H15Cl2NO4/c23-17-6-2-5-16(21(17)24)19-9-10-20(29-19)22(27)25-14-4-1-3-13(11-14)18-8-7-15(12-26)28-18/h1-11,26H,12H2,(H,25,27). The zero-order valence-electron chi connectivity index (χ0n) is 15.0. The first-order chi connectivity index (χ1) is 14.0. The average molecular weight is 428 g/mol. The number of amides is 1. The van der Waals surface area contributed by atoms with E-state index in [-0.39, 0.29) is 12.4 Å². The lowest BCUT2D eigenvalue weighted by Crippen LogP contribution is -2.10. The van der Waals surface area contributed by atoms with Crippen molar-refractivity contribution < 1.29 is 18.7 Å². The second kappa shape index (κ2) is 8.17. The molecule has 2 aromatic heterocycles. The van der Waals surface area contributed by atoms with Gasteiger partial charge >= 0.3 is 0 Å². The molecule has 0 aliphatic carbocycles. The molecule has 0 bridgehead atoms. The molecule has 29 heavy (non-hydrogen) atoms. The molecule has 2 aromatic carbocycles. The molecule has 7 heteroatoms. The quantitative estimate of drug-likeness (QED) is 0.394. The Kier molecular flexibility index (Phi) is 5.45. The van der Waals surface area contributed by atoms with Crippen LogP contribution in [0.1, 0.15) is 16.3 Å². The molecule has 0 saturated carbocycles. The molecule has 2 N–H and O–H groups in total. The van der Waals surface area contributed by atoms with Crippen molar-refractivity contribution in [3.05, 3.63) is 88.3 Å². The molecule has 0 fully saturated rings. The SMILES string of the molecule is O=C(Nc1cccc(-c2ccc(CO)o2)c1)c1ccc(-c2cccc(Cl)c2Cl)o1. The Balaban J connectivity index is 1.54. The highest BCUT2D eigenvalue weighted by molar-refractivity contribution is 6.43. The van der Waals surface area contributed by atoms with Gasteiger partial charge in [-0.3, -0.25) is 4.79 Å². The van der Waals surface area contributed by atoms with E-state index in [0.29, 0.717) is 38.6 Å². The average Bonchev–Trinajstić information content (AvgIpc) is 3.40. The van der Waals surface area contributed by atoms with Crippen LogP contribution in [-0.4, -0.2) is 11.0 Å². The van der Waals surface area contributed by atoms with Crippen LogP contribution in [-0.2, 0) is 6.61 Å². The summed E-state index contributed by atoms with van der Waals surface area (Å²) >= 11 is 12.3. The van der Waals surface area contributed by atoms with Gasteiger partial charge in [-0.25, -0.2) is 0 Å². The Morgan fingerprint density at radius 2 is 1.72 bits per heavy atom. The highest BCUT2D eigenvalue weighted by atomic mass is 35.5.